The van der Waals surface area contributed by atoms with E-state index < -0.39 is 0 Å². The molecule has 1 N–H and O–H groups in total. The van der Waals surface area contributed by atoms with Gasteiger partial charge in [-0.1, -0.05) is 63.5 Å². The van der Waals surface area contributed by atoms with Gasteiger partial charge in [-0.05, 0) is 40.5 Å². The number of anilines is 1. The van der Waals surface area contributed by atoms with Crippen LogP contribution in [0.25, 0.3) is 0 Å². The second-order valence-electron chi connectivity index (χ2n) is 5.03. The molecule has 0 spiro atoms. The Bertz CT molecular complexity index is 355. The smallest absolute Gasteiger partial charge is 0.0549 e. The molecular weight excluding hydrogens is 322 g/mol. The third-order valence-corrected chi connectivity index (χ3v) is 4.49. The van der Waals surface area contributed by atoms with Crippen molar-refractivity contribution in [3.05, 3.63) is 27.7 Å². The van der Waals surface area contributed by atoms with Crippen molar-refractivity contribution in [3.8, 4) is 0 Å². The molecule has 0 aliphatic rings. The van der Waals surface area contributed by atoms with Crippen LogP contribution in [0.4, 0.5) is 5.69 Å². The Morgan fingerprint density at radius 1 is 1.00 bits per heavy atom. The summed E-state index contributed by atoms with van der Waals surface area (Å²) in [5.74, 6) is 0. The lowest BCUT2D eigenvalue weighted by molar-refractivity contribution is 0.581. The first-order chi connectivity index (χ1) is 9.24. The fourth-order valence-corrected chi connectivity index (χ4v) is 2.59. The first-order valence-corrected chi connectivity index (χ1v) is 8.60. The monoisotopic (exact) mass is 345 g/mol. The Balaban J connectivity index is 2.00. The largest absolute Gasteiger partial charge is 0.385 e. The van der Waals surface area contributed by atoms with E-state index in [0.29, 0.717) is 0 Å². The standard InChI is InChI=1S/C16H25BrClN/c1-2-3-4-5-6-7-8-9-12-19-14-10-11-16(18)15(17)13-14/h10-11,13,19H,2-9,12H2,1H3. The van der Waals surface area contributed by atoms with Gasteiger partial charge in [-0.3, -0.25) is 0 Å². The van der Waals surface area contributed by atoms with Gasteiger partial charge in [0.15, 0.2) is 0 Å². The molecule has 0 fully saturated rings. The fourth-order valence-electron chi connectivity index (χ4n) is 2.10. The van der Waals surface area contributed by atoms with E-state index in [1.807, 2.05) is 18.2 Å². The van der Waals surface area contributed by atoms with Crippen molar-refractivity contribution in [1.29, 1.82) is 0 Å². The van der Waals surface area contributed by atoms with Gasteiger partial charge in [0.1, 0.15) is 0 Å². The molecule has 3 heteroatoms. The zero-order valence-corrected chi connectivity index (χ0v) is 14.2. The minimum Gasteiger partial charge on any atom is -0.385 e. The van der Waals surface area contributed by atoms with Crippen molar-refractivity contribution in [3.63, 3.8) is 0 Å². The van der Waals surface area contributed by atoms with Crippen molar-refractivity contribution >= 4 is 33.2 Å². The SMILES string of the molecule is CCCCCCCCCCNc1ccc(Cl)c(Br)c1. The second kappa shape index (κ2) is 10.6. The molecule has 0 saturated heterocycles. The van der Waals surface area contributed by atoms with Crippen LogP contribution >= 0.6 is 27.5 Å². The zero-order valence-electron chi connectivity index (χ0n) is 11.9. The summed E-state index contributed by atoms with van der Waals surface area (Å²) in [6.07, 6.45) is 10.9. The zero-order chi connectivity index (χ0) is 13.9. The summed E-state index contributed by atoms with van der Waals surface area (Å²) in [6.45, 7) is 3.31. The van der Waals surface area contributed by atoms with Crippen LogP contribution in [0.2, 0.25) is 5.02 Å². The Morgan fingerprint density at radius 3 is 2.26 bits per heavy atom. The molecule has 0 aromatic heterocycles. The molecule has 0 aliphatic heterocycles. The van der Waals surface area contributed by atoms with Crippen molar-refractivity contribution < 1.29 is 0 Å². The van der Waals surface area contributed by atoms with Crippen LogP contribution in [-0.4, -0.2) is 6.54 Å². The predicted octanol–water partition coefficient (Wildman–Crippen LogP) is 6.66. The van der Waals surface area contributed by atoms with Crippen LogP contribution in [-0.2, 0) is 0 Å². The molecule has 0 bridgehead atoms. The highest BCUT2D eigenvalue weighted by molar-refractivity contribution is 9.10. The van der Waals surface area contributed by atoms with Crippen LogP contribution in [0.15, 0.2) is 22.7 Å². The highest BCUT2D eigenvalue weighted by Gasteiger charge is 1.98. The number of nitrogens with one attached hydrogen (secondary N) is 1. The fraction of sp³-hybridized carbons (Fsp3) is 0.625. The van der Waals surface area contributed by atoms with Crippen LogP contribution < -0.4 is 5.32 Å². The number of unbranched alkanes of at least 4 members (excludes halogenated alkanes) is 7. The van der Waals surface area contributed by atoms with Crippen molar-refractivity contribution in [1.82, 2.24) is 0 Å². The maximum absolute atomic E-state index is 5.96. The van der Waals surface area contributed by atoms with Gasteiger partial charge in [0.05, 0.1) is 5.02 Å². The van der Waals surface area contributed by atoms with Gasteiger partial charge in [0.2, 0.25) is 0 Å². The first kappa shape index (κ1) is 16.8. The van der Waals surface area contributed by atoms with Crippen LogP contribution in [0.5, 0.6) is 0 Å². The molecule has 0 amide bonds. The molecular formula is C16H25BrClN. The summed E-state index contributed by atoms with van der Waals surface area (Å²) in [4.78, 5) is 0. The lowest BCUT2D eigenvalue weighted by Crippen LogP contribution is -2.01. The number of hydrogen-bond acceptors (Lipinski definition) is 1. The van der Waals surface area contributed by atoms with Gasteiger partial charge in [0, 0.05) is 16.7 Å². The summed E-state index contributed by atoms with van der Waals surface area (Å²) < 4.78 is 0.954. The van der Waals surface area contributed by atoms with Gasteiger partial charge in [0.25, 0.3) is 0 Å². The maximum atomic E-state index is 5.96. The quantitative estimate of drug-likeness (QED) is 0.467. The molecule has 0 radical (unpaired) electrons. The Kier molecular flexibility index (Phi) is 9.36. The van der Waals surface area contributed by atoms with Gasteiger partial charge < -0.3 is 5.32 Å². The number of rotatable bonds is 10. The van der Waals surface area contributed by atoms with E-state index >= 15 is 0 Å². The van der Waals surface area contributed by atoms with E-state index in [-0.39, 0.29) is 0 Å². The molecule has 0 aliphatic carbocycles. The van der Waals surface area contributed by atoms with Crippen molar-refractivity contribution in [2.24, 2.45) is 0 Å². The van der Waals surface area contributed by atoms with E-state index in [1.54, 1.807) is 0 Å². The summed E-state index contributed by atoms with van der Waals surface area (Å²) in [5.41, 5.74) is 1.14. The van der Waals surface area contributed by atoms with E-state index in [2.05, 4.69) is 28.2 Å². The van der Waals surface area contributed by atoms with Crippen LogP contribution in [0.3, 0.4) is 0 Å². The third kappa shape index (κ3) is 7.84. The molecule has 1 aromatic carbocycles. The van der Waals surface area contributed by atoms with Crippen molar-refractivity contribution in [2.45, 2.75) is 58.3 Å². The molecule has 108 valence electrons. The molecule has 1 aromatic rings. The molecule has 0 atom stereocenters. The minimum atomic E-state index is 0.762. The first-order valence-electron chi connectivity index (χ1n) is 7.43. The molecule has 1 nitrogen and oxygen atoms in total. The van der Waals surface area contributed by atoms with Gasteiger partial charge in [-0.2, -0.15) is 0 Å². The molecule has 19 heavy (non-hydrogen) atoms. The van der Waals surface area contributed by atoms with Crippen LogP contribution in [0, 0.1) is 0 Å². The number of benzene rings is 1. The van der Waals surface area contributed by atoms with E-state index in [1.165, 1.54) is 51.4 Å². The molecule has 1 rings (SSSR count). The summed E-state index contributed by atoms with van der Waals surface area (Å²) >= 11 is 9.40. The van der Waals surface area contributed by atoms with E-state index in [9.17, 15) is 0 Å². The molecule has 0 unspecified atom stereocenters. The summed E-state index contributed by atoms with van der Waals surface area (Å²) in [6, 6.07) is 5.98. The normalized spacial score (nSPS) is 10.7. The maximum Gasteiger partial charge on any atom is 0.0549 e. The Hall–Kier alpha value is -0.210. The Labute approximate surface area is 131 Å². The summed E-state index contributed by atoms with van der Waals surface area (Å²) in [7, 11) is 0. The van der Waals surface area contributed by atoms with Gasteiger partial charge in [-0.25, -0.2) is 0 Å². The van der Waals surface area contributed by atoms with Crippen LogP contribution in [0.1, 0.15) is 58.3 Å². The summed E-state index contributed by atoms with van der Waals surface area (Å²) in [5, 5.41) is 4.20. The number of hydrogen-bond donors (Lipinski definition) is 1. The minimum absolute atomic E-state index is 0.762. The van der Waals surface area contributed by atoms with E-state index in [0.717, 1.165) is 21.7 Å². The Morgan fingerprint density at radius 2 is 1.63 bits per heavy atom. The highest BCUT2D eigenvalue weighted by atomic mass is 79.9. The average molecular weight is 347 g/mol. The lowest BCUT2D eigenvalue weighted by Gasteiger charge is -2.07. The third-order valence-electron chi connectivity index (χ3n) is 3.28. The molecule has 0 saturated carbocycles. The average Bonchev–Trinajstić information content (AvgIpc) is 2.41. The second-order valence-corrected chi connectivity index (χ2v) is 6.29. The lowest BCUT2D eigenvalue weighted by atomic mass is 10.1. The van der Waals surface area contributed by atoms with Crippen molar-refractivity contribution in [2.75, 3.05) is 11.9 Å². The van der Waals surface area contributed by atoms with Gasteiger partial charge in [-0.15, -0.1) is 0 Å². The van der Waals surface area contributed by atoms with E-state index in [4.69, 9.17) is 11.6 Å². The van der Waals surface area contributed by atoms with Gasteiger partial charge >= 0.3 is 0 Å². The topological polar surface area (TPSA) is 12.0 Å². The molecule has 0 heterocycles. The number of halogens is 2. The highest BCUT2D eigenvalue weighted by Crippen LogP contribution is 2.25. The predicted molar refractivity (Wildman–Crippen MR) is 90.3 cm³/mol.